The normalized spacial score (nSPS) is 12.0. The fraction of sp³-hybridized carbons (Fsp3) is 0.600. The standard InChI is InChI=1S/C10H17ClN2S/c1-10(2,6-13-7-12-3)8-4-5-9(11)14-8/h4-5,12-13H,6-7H2,1-3H3. The van der Waals surface area contributed by atoms with Crippen molar-refractivity contribution in [3.8, 4) is 0 Å². The monoisotopic (exact) mass is 232 g/mol. The highest BCUT2D eigenvalue weighted by Gasteiger charge is 2.21. The Kier molecular flexibility index (Phi) is 4.38. The van der Waals surface area contributed by atoms with Crippen LogP contribution < -0.4 is 10.6 Å². The molecular weight excluding hydrogens is 216 g/mol. The molecule has 0 aromatic carbocycles. The summed E-state index contributed by atoms with van der Waals surface area (Å²) >= 11 is 7.57. The summed E-state index contributed by atoms with van der Waals surface area (Å²) < 4.78 is 0.863. The van der Waals surface area contributed by atoms with E-state index in [2.05, 4.69) is 30.5 Å². The Morgan fingerprint density at radius 1 is 1.43 bits per heavy atom. The lowest BCUT2D eigenvalue weighted by molar-refractivity contribution is 0.468. The minimum absolute atomic E-state index is 0.147. The third-order valence-electron chi connectivity index (χ3n) is 2.11. The molecule has 0 aliphatic heterocycles. The summed E-state index contributed by atoms with van der Waals surface area (Å²) in [6.07, 6.45) is 0. The zero-order valence-corrected chi connectivity index (χ0v) is 10.4. The molecule has 0 amide bonds. The molecular formula is C10H17ClN2S. The van der Waals surface area contributed by atoms with E-state index in [0.717, 1.165) is 17.5 Å². The molecule has 0 spiro atoms. The van der Waals surface area contributed by atoms with Crippen LogP contribution in [0.25, 0.3) is 0 Å². The topological polar surface area (TPSA) is 24.1 Å². The van der Waals surface area contributed by atoms with E-state index < -0.39 is 0 Å². The maximum absolute atomic E-state index is 5.91. The molecule has 0 atom stereocenters. The third kappa shape index (κ3) is 3.24. The van der Waals surface area contributed by atoms with Gasteiger partial charge in [0.25, 0.3) is 0 Å². The van der Waals surface area contributed by atoms with Crippen molar-refractivity contribution in [3.05, 3.63) is 21.3 Å². The van der Waals surface area contributed by atoms with E-state index >= 15 is 0 Å². The molecule has 0 aliphatic rings. The number of thiophene rings is 1. The van der Waals surface area contributed by atoms with Gasteiger partial charge in [-0.3, -0.25) is 0 Å². The Labute approximate surface area is 94.7 Å². The Balaban J connectivity index is 2.56. The van der Waals surface area contributed by atoms with Crippen molar-refractivity contribution in [3.63, 3.8) is 0 Å². The Morgan fingerprint density at radius 2 is 2.14 bits per heavy atom. The van der Waals surface area contributed by atoms with Crippen LogP contribution in [0.1, 0.15) is 18.7 Å². The predicted molar refractivity (Wildman–Crippen MR) is 64.3 cm³/mol. The third-order valence-corrected chi connectivity index (χ3v) is 3.71. The lowest BCUT2D eigenvalue weighted by Gasteiger charge is -2.23. The predicted octanol–water partition coefficient (Wildman–Crippen LogP) is 2.45. The van der Waals surface area contributed by atoms with Crippen molar-refractivity contribution >= 4 is 22.9 Å². The second-order valence-electron chi connectivity index (χ2n) is 3.94. The largest absolute Gasteiger partial charge is 0.308 e. The SMILES string of the molecule is CNCNCC(C)(C)c1ccc(Cl)s1. The highest BCUT2D eigenvalue weighted by molar-refractivity contribution is 7.16. The van der Waals surface area contributed by atoms with Gasteiger partial charge in [0.2, 0.25) is 0 Å². The van der Waals surface area contributed by atoms with Crippen molar-refractivity contribution in [1.82, 2.24) is 10.6 Å². The second kappa shape index (κ2) is 5.12. The molecule has 0 unspecified atom stereocenters. The first kappa shape index (κ1) is 12.0. The van der Waals surface area contributed by atoms with Crippen molar-refractivity contribution in [1.29, 1.82) is 0 Å². The number of hydrogen-bond acceptors (Lipinski definition) is 3. The van der Waals surface area contributed by atoms with Gasteiger partial charge < -0.3 is 10.6 Å². The van der Waals surface area contributed by atoms with Crippen LogP contribution >= 0.6 is 22.9 Å². The fourth-order valence-electron chi connectivity index (χ4n) is 1.27. The van der Waals surface area contributed by atoms with Crippen LogP contribution in [0.4, 0.5) is 0 Å². The first-order chi connectivity index (χ1) is 6.56. The summed E-state index contributed by atoms with van der Waals surface area (Å²) in [5, 5.41) is 6.40. The van der Waals surface area contributed by atoms with E-state index in [0.29, 0.717) is 0 Å². The van der Waals surface area contributed by atoms with Crippen molar-refractivity contribution in [2.45, 2.75) is 19.3 Å². The lowest BCUT2D eigenvalue weighted by atomic mass is 9.91. The summed E-state index contributed by atoms with van der Waals surface area (Å²) in [6, 6.07) is 4.06. The van der Waals surface area contributed by atoms with E-state index in [9.17, 15) is 0 Å². The van der Waals surface area contributed by atoms with Crippen molar-refractivity contribution < 1.29 is 0 Å². The van der Waals surface area contributed by atoms with Gasteiger partial charge in [0, 0.05) is 23.5 Å². The van der Waals surface area contributed by atoms with Crippen LogP contribution in [-0.2, 0) is 5.41 Å². The van der Waals surface area contributed by atoms with Crippen molar-refractivity contribution in [2.24, 2.45) is 0 Å². The number of rotatable bonds is 5. The van der Waals surface area contributed by atoms with Crippen LogP contribution in [0.5, 0.6) is 0 Å². The molecule has 4 heteroatoms. The maximum Gasteiger partial charge on any atom is 0.0931 e. The zero-order chi connectivity index (χ0) is 10.6. The van der Waals surface area contributed by atoms with Gasteiger partial charge in [0.1, 0.15) is 0 Å². The molecule has 1 heterocycles. The van der Waals surface area contributed by atoms with Gasteiger partial charge in [0.05, 0.1) is 4.34 Å². The van der Waals surface area contributed by atoms with Gasteiger partial charge in [-0.2, -0.15) is 0 Å². The average molecular weight is 233 g/mol. The zero-order valence-electron chi connectivity index (χ0n) is 8.86. The number of hydrogen-bond donors (Lipinski definition) is 2. The van der Waals surface area contributed by atoms with Crippen LogP contribution in [0.15, 0.2) is 12.1 Å². The fourth-order valence-corrected chi connectivity index (χ4v) is 2.41. The second-order valence-corrected chi connectivity index (χ2v) is 5.66. The summed E-state index contributed by atoms with van der Waals surface area (Å²) in [4.78, 5) is 1.33. The van der Waals surface area contributed by atoms with E-state index in [4.69, 9.17) is 11.6 Å². The van der Waals surface area contributed by atoms with E-state index in [1.807, 2.05) is 13.1 Å². The summed E-state index contributed by atoms with van der Waals surface area (Å²) in [7, 11) is 1.93. The van der Waals surface area contributed by atoms with Gasteiger partial charge in [-0.1, -0.05) is 25.4 Å². The molecule has 0 aliphatic carbocycles. The van der Waals surface area contributed by atoms with Gasteiger partial charge in [-0.05, 0) is 19.2 Å². The molecule has 1 rings (SSSR count). The average Bonchev–Trinajstić information content (AvgIpc) is 2.53. The maximum atomic E-state index is 5.91. The van der Waals surface area contributed by atoms with E-state index in [-0.39, 0.29) is 5.41 Å². The van der Waals surface area contributed by atoms with Crippen LogP contribution in [0, 0.1) is 0 Å². The molecule has 0 fully saturated rings. The first-order valence-electron chi connectivity index (χ1n) is 4.67. The minimum atomic E-state index is 0.147. The molecule has 2 nitrogen and oxygen atoms in total. The lowest BCUT2D eigenvalue weighted by Crippen LogP contribution is -2.36. The summed E-state index contributed by atoms with van der Waals surface area (Å²) in [6.45, 7) is 6.23. The van der Waals surface area contributed by atoms with E-state index in [1.54, 1.807) is 11.3 Å². The first-order valence-corrected chi connectivity index (χ1v) is 5.87. The molecule has 0 radical (unpaired) electrons. The molecule has 1 aromatic rings. The van der Waals surface area contributed by atoms with Crippen LogP contribution in [0.2, 0.25) is 4.34 Å². The molecule has 0 bridgehead atoms. The molecule has 14 heavy (non-hydrogen) atoms. The molecule has 80 valence electrons. The minimum Gasteiger partial charge on any atom is -0.308 e. The van der Waals surface area contributed by atoms with Crippen LogP contribution in [-0.4, -0.2) is 20.3 Å². The highest BCUT2D eigenvalue weighted by atomic mass is 35.5. The Bertz CT molecular complexity index is 283. The number of nitrogens with one attached hydrogen (secondary N) is 2. The van der Waals surface area contributed by atoms with Crippen LogP contribution in [0.3, 0.4) is 0 Å². The molecule has 0 saturated heterocycles. The van der Waals surface area contributed by atoms with Gasteiger partial charge in [0.15, 0.2) is 0 Å². The number of halogens is 1. The summed E-state index contributed by atoms with van der Waals surface area (Å²) in [5.74, 6) is 0. The summed E-state index contributed by atoms with van der Waals surface area (Å²) in [5.41, 5.74) is 0.147. The van der Waals surface area contributed by atoms with Crippen molar-refractivity contribution in [2.75, 3.05) is 20.3 Å². The molecule has 1 aromatic heterocycles. The van der Waals surface area contributed by atoms with Gasteiger partial charge >= 0.3 is 0 Å². The highest BCUT2D eigenvalue weighted by Crippen LogP contribution is 2.31. The smallest absolute Gasteiger partial charge is 0.0931 e. The van der Waals surface area contributed by atoms with E-state index in [1.165, 1.54) is 4.88 Å². The van der Waals surface area contributed by atoms with Gasteiger partial charge in [-0.15, -0.1) is 11.3 Å². The molecule has 0 saturated carbocycles. The Hall–Kier alpha value is -0.0900. The van der Waals surface area contributed by atoms with Gasteiger partial charge in [-0.25, -0.2) is 0 Å². The Morgan fingerprint density at radius 3 is 2.64 bits per heavy atom. The quantitative estimate of drug-likeness (QED) is 0.602. The molecule has 2 N–H and O–H groups in total.